The molecule has 2 bridgehead atoms. The number of para-hydroxylation sites is 1. The van der Waals surface area contributed by atoms with Crippen molar-refractivity contribution in [1.29, 1.82) is 0 Å². The molecule has 3 aliphatic heterocycles. The molecule has 6 heteroatoms. The molecule has 27 heavy (non-hydrogen) atoms. The number of hydrogen-bond donors (Lipinski definition) is 2. The van der Waals surface area contributed by atoms with Gasteiger partial charge in [-0.15, -0.1) is 0 Å². The lowest BCUT2D eigenvalue weighted by atomic mass is 9.96. The number of benzene rings is 2. The predicted octanol–water partition coefficient (Wildman–Crippen LogP) is 3.10. The van der Waals surface area contributed by atoms with E-state index in [1.165, 1.54) is 0 Å². The summed E-state index contributed by atoms with van der Waals surface area (Å²) in [6.07, 6.45) is 1.78. The summed E-state index contributed by atoms with van der Waals surface area (Å²) in [7, 11) is 1.64. The quantitative estimate of drug-likeness (QED) is 0.878. The van der Waals surface area contributed by atoms with Gasteiger partial charge in [-0.05, 0) is 36.6 Å². The zero-order valence-electron chi connectivity index (χ0n) is 15.3. The van der Waals surface area contributed by atoms with E-state index in [0.29, 0.717) is 13.1 Å². The molecule has 3 fully saturated rings. The number of ether oxygens (including phenoxy) is 1. The molecule has 3 amide bonds. The largest absolute Gasteiger partial charge is 0.497 e. The number of nitrogens with one attached hydrogen (secondary N) is 2. The van der Waals surface area contributed by atoms with Crippen LogP contribution in [-0.2, 0) is 4.79 Å². The molecule has 0 spiro atoms. The minimum absolute atomic E-state index is 0.0545. The number of methoxy groups -OCH3 is 1. The van der Waals surface area contributed by atoms with E-state index >= 15 is 0 Å². The molecule has 2 aromatic carbocycles. The van der Waals surface area contributed by atoms with Crippen molar-refractivity contribution in [1.82, 2.24) is 10.2 Å². The van der Waals surface area contributed by atoms with E-state index in [1.807, 2.05) is 48.5 Å². The molecule has 2 atom stereocenters. The van der Waals surface area contributed by atoms with E-state index in [-0.39, 0.29) is 23.9 Å². The highest BCUT2D eigenvalue weighted by atomic mass is 16.5. The number of nitrogens with zero attached hydrogens (tertiary/aromatic N) is 1. The Kier molecular flexibility index (Phi) is 4.71. The summed E-state index contributed by atoms with van der Waals surface area (Å²) in [6.45, 7) is 1.03. The van der Waals surface area contributed by atoms with Crippen LogP contribution in [0.2, 0.25) is 0 Å². The van der Waals surface area contributed by atoms with E-state index in [4.69, 9.17) is 4.74 Å². The van der Waals surface area contributed by atoms with Crippen LogP contribution in [0.4, 0.5) is 10.5 Å². The normalized spacial score (nSPS) is 21.4. The van der Waals surface area contributed by atoms with Crippen molar-refractivity contribution in [3.05, 3.63) is 48.5 Å². The third-order valence-corrected chi connectivity index (χ3v) is 5.32. The van der Waals surface area contributed by atoms with Crippen molar-refractivity contribution < 1.29 is 14.3 Å². The number of urea groups is 1. The minimum Gasteiger partial charge on any atom is -0.497 e. The van der Waals surface area contributed by atoms with Gasteiger partial charge in [0.15, 0.2) is 0 Å². The number of rotatable bonds is 3. The first-order chi connectivity index (χ1) is 13.1. The van der Waals surface area contributed by atoms with Gasteiger partial charge in [-0.25, -0.2) is 4.79 Å². The fourth-order valence-electron chi connectivity index (χ4n) is 3.82. The number of anilines is 1. The SMILES string of the molecule is COc1ccc(-c2ccccc2NC(=O)N2C[C@H]3CC[C@@H](C2)C(=O)N3)cc1. The van der Waals surface area contributed by atoms with E-state index < -0.39 is 0 Å². The maximum atomic E-state index is 12.9. The molecule has 0 aromatic heterocycles. The fraction of sp³-hybridized carbons (Fsp3) is 0.333. The van der Waals surface area contributed by atoms with Gasteiger partial charge in [0.25, 0.3) is 0 Å². The number of amides is 3. The van der Waals surface area contributed by atoms with Gasteiger partial charge in [-0.1, -0.05) is 30.3 Å². The predicted molar refractivity (Wildman–Crippen MR) is 104 cm³/mol. The zero-order chi connectivity index (χ0) is 18.8. The molecular formula is C21H23N3O3. The molecule has 2 N–H and O–H groups in total. The Bertz CT molecular complexity index is 850. The number of fused-ring (bicyclic) bond motifs is 4. The van der Waals surface area contributed by atoms with Gasteiger partial charge >= 0.3 is 6.03 Å². The minimum atomic E-state index is -0.163. The third kappa shape index (κ3) is 3.60. The highest BCUT2D eigenvalue weighted by Gasteiger charge is 2.36. The second-order valence-electron chi connectivity index (χ2n) is 7.09. The molecule has 5 rings (SSSR count). The second-order valence-corrected chi connectivity index (χ2v) is 7.09. The summed E-state index contributed by atoms with van der Waals surface area (Å²) < 4.78 is 5.22. The average Bonchev–Trinajstić information content (AvgIpc) is 3.00. The van der Waals surface area contributed by atoms with Crippen LogP contribution >= 0.6 is 0 Å². The monoisotopic (exact) mass is 365 g/mol. The standard InChI is InChI=1S/C21H23N3O3/c1-27-17-10-7-14(8-11-17)18-4-2-3-5-19(18)23-21(26)24-12-15-6-9-16(13-24)22-20(15)25/h2-5,7-8,10-11,15-16H,6,9,12-13H2,1H3,(H,22,25)(H,23,26)/t15-,16+/m0/s1. The molecule has 0 aliphatic carbocycles. The first-order valence-corrected chi connectivity index (χ1v) is 9.24. The lowest BCUT2D eigenvalue weighted by molar-refractivity contribution is -0.126. The highest BCUT2D eigenvalue weighted by Crippen LogP contribution is 2.30. The van der Waals surface area contributed by atoms with Gasteiger partial charge in [0.05, 0.1) is 18.7 Å². The van der Waals surface area contributed by atoms with Crippen LogP contribution < -0.4 is 15.4 Å². The highest BCUT2D eigenvalue weighted by molar-refractivity contribution is 5.95. The lowest BCUT2D eigenvalue weighted by Crippen LogP contribution is -2.44. The molecule has 0 radical (unpaired) electrons. The smallest absolute Gasteiger partial charge is 0.321 e. The maximum Gasteiger partial charge on any atom is 0.321 e. The van der Waals surface area contributed by atoms with Gasteiger partial charge in [0, 0.05) is 24.7 Å². The van der Waals surface area contributed by atoms with Gasteiger partial charge in [-0.3, -0.25) is 4.79 Å². The molecule has 0 saturated carbocycles. The Morgan fingerprint density at radius 3 is 2.63 bits per heavy atom. The number of hydrogen-bond acceptors (Lipinski definition) is 3. The van der Waals surface area contributed by atoms with Crippen molar-refractivity contribution >= 4 is 17.6 Å². The first kappa shape index (κ1) is 17.4. The summed E-state index contributed by atoms with van der Waals surface area (Å²) in [5.41, 5.74) is 2.70. The molecular weight excluding hydrogens is 342 g/mol. The van der Waals surface area contributed by atoms with Crippen molar-refractivity contribution in [3.63, 3.8) is 0 Å². The van der Waals surface area contributed by atoms with Gasteiger partial charge < -0.3 is 20.3 Å². The van der Waals surface area contributed by atoms with Crippen LogP contribution in [0.1, 0.15) is 12.8 Å². The van der Waals surface area contributed by atoms with Gasteiger partial charge in [-0.2, -0.15) is 0 Å². The van der Waals surface area contributed by atoms with Crippen LogP contribution in [0.5, 0.6) is 5.75 Å². The molecule has 3 heterocycles. The fourth-order valence-corrected chi connectivity index (χ4v) is 3.82. The van der Waals surface area contributed by atoms with Gasteiger partial charge in [0.1, 0.15) is 5.75 Å². The van der Waals surface area contributed by atoms with Crippen LogP contribution in [0.3, 0.4) is 0 Å². The first-order valence-electron chi connectivity index (χ1n) is 9.24. The summed E-state index contributed by atoms with van der Waals surface area (Å²) >= 11 is 0. The van der Waals surface area contributed by atoms with Crippen molar-refractivity contribution in [2.24, 2.45) is 5.92 Å². The molecule has 140 valence electrons. The summed E-state index contributed by atoms with van der Waals surface area (Å²) in [6, 6.07) is 15.4. The Labute approximate surface area is 158 Å². The van der Waals surface area contributed by atoms with E-state index in [0.717, 1.165) is 35.4 Å². The van der Waals surface area contributed by atoms with E-state index in [2.05, 4.69) is 10.6 Å². The van der Waals surface area contributed by atoms with Crippen molar-refractivity contribution in [3.8, 4) is 16.9 Å². The Hall–Kier alpha value is -3.02. The Balaban J connectivity index is 1.54. The topological polar surface area (TPSA) is 70.7 Å². The van der Waals surface area contributed by atoms with Gasteiger partial charge in [0.2, 0.25) is 5.91 Å². The molecule has 0 unspecified atom stereocenters. The molecule has 3 saturated heterocycles. The number of carbonyl (C=O) groups is 2. The van der Waals surface area contributed by atoms with E-state index in [9.17, 15) is 9.59 Å². The molecule has 3 aliphatic rings. The third-order valence-electron chi connectivity index (χ3n) is 5.32. The molecule has 2 aromatic rings. The maximum absolute atomic E-state index is 12.9. The zero-order valence-corrected chi connectivity index (χ0v) is 15.3. The van der Waals surface area contributed by atoms with E-state index in [1.54, 1.807) is 12.0 Å². The Morgan fingerprint density at radius 2 is 1.89 bits per heavy atom. The van der Waals surface area contributed by atoms with Crippen LogP contribution in [-0.4, -0.2) is 43.1 Å². The number of piperidine rings is 1. The second kappa shape index (κ2) is 7.31. The summed E-state index contributed by atoms with van der Waals surface area (Å²) in [5.74, 6) is 0.754. The van der Waals surface area contributed by atoms with Crippen LogP contribution in [0.25, 0.3) is 11.1 Å². The average molecular weight is 365 g/mol. The van der Waals surface area contributed by atoms with Crippen molar-refractivity contribution in [2.45, 2.75) is 18.9 Å². The summed E-state index contributed by atoms with van der Waals surface area (Å²) in [4.78, 5) is 26.7. The van der Waals surface area contributed by atoms with Crippen LogP contribution in [0, 0.1) is 5.92 Å². The summed E-state index contributed by atoms with van der Waals surface area (Å²) in [5, 5.41) is 6.04. The lowest BCUT2D eigenvalue weighted by Gasteiger charge is -2.23. The van der Waals surface area contributed by atoms with Crippen molar-refractivity contribution in [2.75, 3.05) is 25.5 Å². The Morgan fingerprint density at radius 1 is 1.11 bits per heavy atom. The molecule has 6 nitrogen and oxygen atoms in total. The van der Waals surface area contributed by atoms with Crippen LogP contribution in [0.15, 0.2) is 48.5 Å². The number of carbonyl (C=O) groups excluding carboxylic acids is 2.